The second kappa shape index (κ2) is 8.97. The number of rotatable bonds is 6. The molecule has 3 rings (SSSR count). The summed E-state index contributed by atoms with van der Waals surface area (Å²) in [6.07, 6.45) is 2.28. The molecule has 4 nitrogen and oxygen atoms in total. The third-order valence-electron chi connectivity index (χ3n) is 4.09. The summed E-state index contributed by atoms with van der Waals surface area (Å²) in [5.41, 5.74) is 0.704. The van der Waals surface area contributed by atoms with Gasteiger partial charge in [-0.05, 0) is 52.7 Å². The number of carbonyl (C=O) groups excluding carboxylic acids is 1. The highest BCUT2D eigenvalue weighted by atomic mass is 35.5. The van der Waals surface area contributed by atoms with Gasteiger partial charge in [0.15, 0.2) is 8.03 Å². The maximum atomic E-state index is 13.7. The molecule has 0 aliphatic rings. The van der Waals surface area contributed by atoms with Crippen molar-refractivity contribution in [1.82, 2.24) is 5.32 Å². The van der Waals surface area contributed by atoms with E-state index in [2.05, 4.69) is 5.32 Å². The van der Waals surface area contributed by atoms with Crippen LogP contribution < -0.4 is 5.32 Å². The van der Waals surface area contributed by atoms with Gasteiger partial charge in [-0.15, -0.1) is 11.3 Å². The molecule has 9 heteroatoms. The lowest BCUT2D eigenvalue weighted by Crippen LogP contribution is -2.26. The van der Waals surface area contributed by atoms with E-state index in [1.54, 1.807) is 17.5 Å². The summed E-state index contributed by atoms with van der Waals surface area (Å²) < 4.78 is 39.0. The Bertz CT molecular complexity index is 1090. The van der Waals surface area contributed by atoms with Crippen LogP contribution in [-0.2, 0) is 9.36 Å². The molecule has 0 radical (unpaired) electrons. The molecule has 0 saturated carbocycles. The monoisotopic (exact) mass is 441 g/mol. The first-order valence-electron chi connectivity index (χ1n) is 8.15. The quantitative estimate of drug-likeness (QED) is 0.518. The third-order valence-corrected chi connectivity index (χ3v) is 6.06. The van der Waals surface area contributed by atoms with E-state index in [0.717, 1.165) is 22.2 Å². The molecule has 0 fully saturated rings. The van der Waals surface area contributed by atoms with Crippen LogP contribution in [0, 0.1) is 11.6 Å². The standard InChI is InChI=1S/C19H15ClF2NO3PS/c20-12-2-4-18-14(7-12)16(10-28-18)15(9-27(25)26)19(24)23-6-5-11-1-3-13(21)8-17(11)22/h1-8,10,15,27H,9H2,(H,23,24)(H,25,26)/b6-5+. The summed E-state index contributed by atoms with van der Waals surface area (Å²) in [5.74, 6) is -2.84. The van der Waals surface area contributed by atoms with Crippen LogP contribution in [0.1, 0.15) is 17.0 Å². The van der Waals surface area contributed by atoms with Crippen molar-refractivity contribution in [3.05, 3.63) is 75.8 Å². The molecule has 0 saturated heterocycles. The number of hydrogen-bond acceptors (Lipinski definition) is 3. The van der Waals surface area contributed by atoms with Crippen LogP contribution in [0.4, 0.5) is 8.78 Å². The Balaban J connectivity index is 1.84. The molecule has 2 unspecified atom stereocenters. The van der Waals surface area contributed by atoms with Crippen molar-refractivity contribution in [2.75, 3.05) is 6.16 Å². The van der Waals surface area contributed by atoms with Crippen LogP contribution in [0.5, 0.6) is 0 Å². The summed E-state index contributed by atoms with van der Waals surface area (Å²) in [6.45, 7) is 0. The van der Waals surface area contributed by atoms with Crippen molar-refractivity contribution in [3.8, 4) is 0 Å². The van der Waals surface area contributed by atoms with Gasteiger partial charge in [0.1, 0.15) is 11.6 Å². The first-order valence-corrected chi connectivity index (χ1v) is 11.0. The minimum absolute atomic E-state index is 0.0988. The van der Waals surface area contributed by atoms with Gasteiger partial charge in [0, 0.05) is 33.7 Å². The molecule has 146 valence electrons. The molecule has 1 amide bonds. The molecule has 2 N–H and O–H groups in total. The van der Waals surface area contributed by atoms with E-state index in [4.69, 9.17) is 11.6 Å². The number of thiophene rings is 1. The van der Waals surface area contributed by atoms with Crippen LogP contribution in [0.2, 0.25) is 5.02 Å². The summed E-state index contributed by atoms with van der Waals surface area (Å²) in [7, 11) is -2.93. The molecule has 1 heterocycles. The van der Waals surface area contributed by atoms with Gasteiger partial charge in [0.25, 0.3) is 0 Å². The number of fused-ring (bicyclic) bond motifs is 1. The average Bonchev–Trinajstić information content (AvgIpc) is 3.04. The Kier molecular flexibility index (Phi) is 6.62. The molecule has 0 bridgehead atoms. The predicted octanol–water partition coefficient (Wildman–Crippen LogP) is 5.17. The average molecular weight is 442 g/mol. The van der Waals surface area contributed by atoms with Gasteiger partial charge in [-0.1, -0.05) is 11.6 Å². The Morgan fingerprint density at radius 2 is 2.07 bits per heavy atom. The van der Waals surface area contributed by atoms with E-state index >= 15 is 0 Å². The molecule has 0 spiro atoms. The highest BCUT2D eigenvalue weighted by Gasteiger charge is 2.25. The first-order chi connectivity index (χ1) is 13.3. The van der Waals surface area contributed by atoms with Gasteiger partial charge in [-0.2, -0.15) is 0 Å². The second-order valence-corrected chi connectivity index (χ2v) is 8.53. The van der Waals surface area contributed by atoms with Gasteiger partial charge >= 0.3 is 0 Å². The summed E-state index contributed by atoms with van der Waals surface area (Å²) in [4.78, 5) is 22.1. The number of hydrogen-bond donors (Lipinski definition) is 2. The van der Waals surface area contributed by atoms with Crippen LogP contribution >= 0.6 is 31.0 Å². The zero-order chi connectivity index (χ0) is 20.3. The molecule has 0 aliphatic carbocycles. The smallest absolute Gasteiger partial charge is 0.232 e. The third kappa shape index (κ3) is 4.86. The highest BCUT2D eigenvalue weighted by Crippen LogP contribution is 2.36. The van der Waals surface area contributed by atoms with E-state index in [-0.39, 0.29) is 11.7 Å². The Hall–Kier alpha value is -2.05. The van der Waals surface area contributed by atoms with Crippen LogP contribution in [-0.4, -0.2) is 17.0 Å². The number of nitrogens with one attached hydrogen (secondary N) is 1. The van der Waals surface area contributed by atoms with Crippen molar-refractivity contribution in [2.24, 2.45) is 0 Å². The first kappa shape index (κ1) is 20.7. The van der Waals surface area contributed by atoms with Crippen molar-refractivity contribution in [1.29, 1.82) is 0 Å². The second-order valence-electron chi connectivity index (χ2n) is 5.99. The fraction of sp³-hybridized carbons (Fsp3) is 0.105. The lowest BCUT2D eigenvalue weighted by atomic mass is 9.99. The molecular weight excluding hydrogens is 427 g/mol. The van der Waals surface area contributed by atoms with Gasteiger partial charge < -0.3 is 10.2 Å². The van der Waals surface area contributed by atoms with Gasteiger partial charge in [0.2, 0.25) is 5.91 Å². The van der Waals surface area contributed by atoms with Crippen molar-refractivity contribution in [3.63, 3.8) is 0 Å². The molecule has 3 aromatic rings. The number of halogens is 3. The highest BCUT2D eigenvalue weighted by molar-refractivity contribution is 7.38. The minimum Gasteiger partial charge on any atom is -0.346 e. The molecule has 1 aromatic heterocycles. The van der Waals surface area contributed by atoms with Crippen LogP contribution in [0.25, 0.3) is 16.2 Å². The lowest BCUT2D eigenvalue weighted by molar-refractivity contribution is -0.121. The predicted molar refractivity (Wildman–Crippen MR) is 109 cm³/mol. The zero-order valence-electron chi connectivity index (χ0n) is 14.3. The zero-order valence-corrected chi connectivity index (χ0v) is 16.9. The summed E-state index contributed by atoms with van der Waals surface area (Å²) in [6, 6.07) is 8.34. The van der Waals surface area contributed by atoms with E-state index in [9.17, 15) is 23.0 Å². The van der Waals surface area contributed by atoms with Crippen LogP contribution in [0.15, 0.2) is 48.0 Å². The van der Waals surface area contributed by atoms with Gasteiger partial charge in [0.05, 0.1) is 5.92 Å². The van der Waals surface area contributed by atoms with Gasteiger partial charge in [-0.25, -0.2) is 8.78 Å². The normalized spacial score (nSPS) is 13.7. The number of carbonyl (C=O) groups is 1. The summed E-state index contributed by atoms with van der Waals surface area (Å²) >= 11 is 7.45. The van der Waals surface area contributed by atoms with E-state index in [0.29, 0.717) is 10.6 Å². The van der Waals surface area contributed by atoms with Crippen molar-refractivity contribution < 1.29 is 23.0 Å². The Morgan fingerprint density at radius 1 is 1.29 bits per heavy atom. The minimum atomic E-state index is -2.93. The maximum Gasteiger partial charge on any atom is 0.232 e. The van der Waals surface area contributed by atoms with E-state index < -0.39 is 31.5 Å². The SMILES string of the molecule is O=C(N/C=C/c1ccc(F)cc1F)C(C[PH](=O)O)c1csc2ccc(Cl)cc12. The largest absolute Gasteiger partial charge is 0.346 e. The topological polar surface area (TPSA) is 66.4 Å². The van der Waals surface area contributed by atoms with Crippen LogP contribution in [0.3, 0.4) is 0 Å². The molecule has 2 aromatic carbocycles. The Morgan fingerprint density at radius 3 is 2.79 bits per heavy atom. The van der Waals surface area contributed by atoms with Crippen molar-refractivity contribution >= 4 is 53.0 Å². The van der Waals surface area contributed by atoms with Gasteiger partial charge in [-0.3, -0.25) is 9.36 Å². The maximum absolute atomic E-state index is 13.7. The van der Waals surface area contributed by atoms with Crippen molar-refractivity contribution in [2.45, 2.75) is 5.92 Å². The van der Waals surface area contributed by atoms with E-state index in [1.165, 1.54) is 29.7 Å². The lowest BCUT2D eigenvalue weighted by Gasteiger charge is -2.14. The number of amides is 1. The number of benzene rings is 2. The molecule has 28 heavy (non-hydrogen) atoms. The Labute approximate surface area is 169 Å². The molecule has 0 aliphatic heterocycles. The fourth-order valence-electron chi connectivity index (χ4n) is 2.76. The molecule has 2 atom stereocenters. The molecular formula is C19H15ClF2NO3PS. The summed E-state index contributed by atoms with van der Waals surface area (Å²) in [5, 5.41) is 5.51. The fourth-order valence-corrected chi connectivity index (χ4v) is 4.68. The van der Waals surface area contributed by atoms with E-state index in [1.807, 2.05) is 6.07 Å².